The van der Waals surface area contributed by atoms with Crippen molar-refractivity contribution in [3.63, 3.8) is 0 Å². The Labute approximate surface area is 154 Å². The molecule has 26 heavy (non-hydrogen) atoms. The summed E-state index contributed by atoms with van der Waals surface area (Å²) in [7, 11) is 0. The van der Waals surface area contributed by atoms with Gasteiger partial charge in [0.1, 0.15) is 5.54 Å². The summed E-state index contributed by atoms with van der Waals surface area (Å²) in [6.45, 7) is 7.06. The minimum atomic E-state index is -0.290. The molecule has 0 saturated carbocycles. The Balaban J connectivity index is 1.51. The van der Waals surface area contributed by atoms with Gasteiger partial charge in [-0.15, -0.1) is 0 Å². The van der Waals surface area contributed by atoms with Crippen LogP contribution in [0.15, 0.2) is 36.5 Å². The number of nitrogens with zero attached hydrogens (tertiary/aromatic N) is 4. The van der Waals surface area contributed by atoms with Gasteiger partial charge in [0.15, 0.2) is 0 Å². The standard InChI is InChI=1S/C21H26N4O/c1-3-25-15(2)18(13-22-25)19-12-16-14-23(17-8-5-4-6-9-17)20(26)21(16)10-7-11-24(19)21/h4-6,8-9,13,16,19H,3,7,10-12,14H2,1-2H3/t16-,19-,21-/m0/s1. The molecule has 0 aliphatic carbocycles. The van der Waals surface area contributed by atoms with Crippen molar-refractivity contribution in [2.75, 3.05) is 18.0 Å². The van der Waals surface area contributed by atoms with Gasteiger partial charge >= 0.3 is 0 Å². The SMILES string of the molecule is CCn1ncc([C@@H]2C[C@H]3CN(c4ccccc4)C(=O)[C@]34CCCN24)c1C. The molecule has 1 amide bonds. The van der Waals surface area contributed by atoms with E-state index in [0.717, 1.165) is 44.6 Å². The van der Waals surface area contributed by atoms with Gasteiger partial charge in [0.2, 0.25) is 5.91 Å². The zero-order valence-corrected chi connectivity index (χ0v) is 15.6. The van der Waals surface area contributed by atoms with Gasteiger partial charge in [0.05, 0.1) is 6.20 Å². The van der Waals surface area contributed by atoms with Crippen LogP contribution in [-0.4, -0.2) is 39.2 Å². The molecular formula is C21H26N4O. The lowest BCUT2D eigenvalue weighted by Crippen LogP contribution is -2.49. The summed E-state index contributed by atoms with van der Waals surface area (Å²) >= 11 is 0. The van der Waals surface area contributed by atoms with E-state index in [1.165, 1.54) is 11.3 Å². The van der Waals surface area contributed by atoms with Gasteiger partial charge in [0, 0.05) is 42.0 Å². The van der Waals surface area contributed by atoms with Crippen molar-refractivity contribution in [2.24, 2.45) is 5.92 Å². The number of rotatable bonds is 3. The summed E-state index contributed by atoms with van der Waals surface area (Å²) in [5.41, 5.74) is 3.33. The quantitative estimate of drug-likeness (QED) is 0.854. The maximum absolute atomic E-state index is 13.6. The summed E-state index contributed by atoms with van der Waals surface area (Å²) in [6.07, 6.45) is 5.21. The van der Waals surface area contributed by atoms with E-state index in [2.05, 4.69) is 40.7 Å². The molecule has 0 unspecified atom stereocenters. The second-order valence-electron chi connectivity index (χ2n) is 7.92. The minimum absolute atomic E-state index is 0.290. The second-order valence-corrected chi connectivity index (χ2v) is 7.92. The normalized spacial score (nSPS) is 30.8. The smallest absolute Gasteiger partial charge is 0.247 e. The molecule has 3 aliphatic heterocycles. The molecule has 2 aromatic rings. The van der Waals surface area contributed by atoms with Gasteiger partial charge in [-0.1, -0.05) is 18.2 Å². The van der Waals surface area contributed by atoms with E-state index in [1.54, 1.807) is 0 Å². The number of hydrogen-bond acceptors (Lipinski definition) is 3. The summed E-state index contributed by atoms with van der Waals surface area (Å²) in [6, 6.07) is 10.5. The van der Waals surface area contributed by atoms with E-state index in [-0.39, 0.29) is 5.54 Å². The average Bonchev–Trinajstić information content (AvgIpc) is 3.38. The summed E-state index contributed by atoms with van der Waals surface area (Å²) in [5, 5.41) is 4.56. The maximum atomic E-state index is 13.6. The molecule has 1 aromatic carbocycles. The Hall–Kier alpha value is -2.14. The fourth-order valence-corrected chi connectivity index (χ4v) is 5.73. The van der Waals surface area contributed by atoms with Gasteiger partial charge in [-0.25, -0.2) is 0 Å². The van der Waals surface area contributed by atoms with Gasteiger partial charge < -0.3 is 4.90 Å². The molecule has 3 saturated heterocycles. The van der Waals surface area contributed by atoms with E-state index in [1.807, 2.05) is 29.3 Å². The Morgan fingerprint density at radius 1 is 1.27 bits per heavy atom. The van der Waals surface area contributed by atoms with E-state index < -0.39 is 0 Å². The molecule has 3 aliphatic rings. The number of aromatic nitrogens is 2. The predicted molar refractivity (Wildman–Crippen MR) is 101 cm³/mol. The van der Waals surface area contributed by atoms with Crippen LogP contribution in [0.4, 0.5) is 5.69 Å². The van der Waals surface area contributed by atoms with Crippen LogP contribution in [0.2, 0.25) is 0 Å². The third kappa shape index (κ3) is 1.95. The molecule has 5 rings (SSSR count). The molecule has 4 heterocycles. The van der Waals surface area contributed by atoms with Crippen molar-refractivity contribution in [3.05, 3.63) is 47.8 Å². The summed E-state index contributed by atoms with van der Waals surface area (Å²) in [4.78, 5) is 18.1. The first-order valence-electron chi connectivity index (χ1n) is 9.83. The molecule has 0 radical (unpaired) electrons. The van der Waals surface area contributed by atoms with Gasteiger partial charge in [-0.3, -0.25) is 14.4 Å². The van der Waals surface area contributed by atoms with Crippen molar-refractivity contribution >= 4 is 11.6 Å². The first-order chi connectivity index (χ1) is 12.7. The minimum Gasteiger partial charge on any atom is -0.310 e. The molecule has 3 atom stereocenters. The lowest BCUT2D eigenvalue weighted by molar-refractivity contribution is -0.126. The third-order valence-corrected chi connectivity index (χ3v) is 6.91. The first kappa shape index (κ1) is 16.1. The highest BCUT2D eigenvalue weighted by Crippen LogP contribution is 2.56. The highest BCUT2D eigenvalue weighted by Gasteiger charge is 2.65. The maximum Gasteiger partial charge on any atom is 0.247 e. The number of hydrogen-bond donors (Lipinski definition) is 0. The summed E-state index contributed by atoms with van der Waals surface area (Å²) in [5.74, 6) is 0.723. The van der Waals surface area contributed by atoms with Gasteiger partial charge in [-0.05, 0) is 51.8 Å². The number of amides is 1. The van der Waals surface area contributed by atoms with Crippen LogP contribution in [0.25, 0.3) is 0 Å². The largest absolute Gasteiger partial charge is 0.310 e. The van der Waals surface area contributed by atoms with Crippen LogP contribution in [-0.2, 0) is 11.3 Å². The molecular weight excluding hydrogens is 324 g/mol. The lowest BCUT2D eigenvalue weighted by Gasteiger charge is -2.33. The van der Waals surface area contributed by atoms with E-state index >= 15 is 0 Å². The fraction of sp³-hybridized carbons (Fsp3) is 0.524. The third-order valence-electron chi connectivity index (χ3n) is 6.91. The van der Waals surface area contributed by atoms with E-state index in [4.69, 9.17) is 0 Å². The molecule has 0 bridgehead atoms. The Bertz CT molecular complexity index is 845. The number of carbonyl (C=O) groups excluding carboxylic acids is 1. The van der Waals surface area contributed by atoms with E-state index in [0.29, 0.717) is 17.9 Å². The van der Waals surface area contributed by atoms with Crippen LogP contribution >= 0.6 is 0 Å². The molecule has 0 N–H and O–H groups in total. The van der Waals surface area contributed by atoms with Crippen LogP contribution in [0.1, 0.15) is 43.5 Å². The molecule has 3 fully saturated rings. The lowest BCUT2D eigenvalue weighted by atomic mass is 9.85. The zero-order valence-electron chi connectivity index (χ0n) is 15.6. The second kappa shape index (κ2) is 5.68. The van der Waals surface area contributed by atoms with Gasteiger partial charge in [0.25, 0.3) is 0 Å². The zero-order chi connectivity index (χ0) is 17.9. The molecule has 5 nitrogen and oxygen atoms in total. The molecule has 1 spiro atoms. The number of para-hydroxylation sites is 1. The topological polar surface area (TPSA) is 41.4 Å². The molecule has 5 heteroatoms. The van der Waals surface area contributed by atoms with Crippen LogP contribution in [0.3, 0.4) is 0 Å². The number of anilines is 1. The average molecular weight is 350 g/mol. The number of aryl methyl sites for hydroxylation is 1. The fourth-order valence-electron chi connectivity index (χ4n) is 5.73. The van der Waals surface area contributed by atoms with Crippen LogP contribution in [0.5, 0.6) is 0 Å². The van der Waals surface area contributed by atoms with Crippen molar-refractivity contribution in [3.8, 4) is 0 Å². The number of carbonyl (C=O) groups is 1. The molecule has 136 valence electrons. The molecule has 1 aromatic heterocycles. The van der Waals surface area contributed by atoms with Crippen LogP contribution in [0, 0.1) is 12.8 Å². The summed E-state index contributed by atoms with van der Waals surface area (Å²) < 4.78 is 2.07. The Kier molecular flexibility index (Phi) is 3.51. The Morgan fingerprint density at radius 2 is 2.08 bits per heavy atom. The highest BCUT2D eigenvalue weighted by atomic mass is 16.2. The van der Waals surface area contributed by atoms with Crippen LogP contribution < -0.4 is 4.90 Å². The Morgan fingerprint density at radius 3 is 2.81 bits per heavy atom. The monoisotopic (exact) mass is 350 g/mol. The van der Waals surface area contributed by atoms with Gasteiger partial charge in [-0.2, -0.15) is 5.10 Å². The van der Waals surface area contributed by atoms with Crippen molar-refractivity contribution in [1.82, 2.24) is 14.7 Å². The van der Waals surface area contributed by atoms with Crippen molar-refractivity contribution in [2.45, 2.75) is 51.2 Å². The highest BCUT2D eigenvalue weighted by molar-refractivity contribution is 6.03. The van der Waals surface area contributed by atoms with Crippen molar-refractivity contribution < 1.29 is 4.79 Å². The first-order valence-corrected chi connectivity index (χ1v) is 9.83. The van der Waals surface area contributed by atoms with Crippen molar-refractivity contribution in [1.29, 1.82) is 0 Å². The number of benzene rings is 1. The predicted octanol–water partition coefficient (Wildman–Crippen LogP) is 3.15. The van der Waals surface area contributed by atoms with E-state index in [9.17, 15) is 4.79 Å².